The molecule has 1 aliphatic rings. The second-order valence-electron chi connectivity index (χ2n) is 5.70. The maximum absolute atomic E-state index is 12.5. The second kappa shape index (κ2) is 7.17. The Labute approximate surface area is 157 Å². The summed E-state index contributed by atoms with van der Waals surface area (Å²) in [6, 6.07) is 11.3. The van der Waals surface area contributed by atoms with Crippen molar-refractivity contribution in [2.24, 2.45) is 0 Å². The molecule has 0 saturated carbocycles. The fourth-order valence-corrected chi connectivity index (χ4v) is 2.99. The number of carbonyl (C=O) groups is 3. The van der Waals surface area contributed by atoms with Crippen LogP contribution in [-0.4, -0.2) is 35.5 Å². The van der Waals surface area contributed by atoms with Gasteiger partial charge in [0.15, 0.2) is 6.10 Å². The van der Waals surface area contributed by atoms with Crippen molar-refractivity contribution in [3.63, 3.8) is 0 Å². The zero-order valence-electron chi connectivity index (χ0n) is 13.7. The standard InChI is InChI=1S/C18H15BrN2O5/c1-10-17(23)21(9-16(22)20-13-5-3-2-4-12(13)19)14-7-6-11(18(24)25)8-15(14)26-10/h2-8,10H,9H2,1H3,(H,20,22)(H,24,25). The molecule has 7 nitrogen and oxygen atoms in total. The van der Waals surface area contributed by atoms with Gasteiger partial charge in [0, 0.05) is 4.47 Å². The monoisotopic (exact) mass is 418 g/mol. The molecule has 134 valence electrons. The number of hydrogen-bond donors (Lipinski definition) is 2. The molecule has 2 aromatic rings. The predicted octanol–water partition coefficient (Wildman–Crippen LogP) is 2.90. The third-order valence-corrected chi connectivity index (χ3v) is 4.56. The van der Waals surface area contributed by atoms with Gasteiger partial charge in [0.1, 0.15) is 12.3 Å². The highest BCUT2D eigenvalue weighted by Crippen LogP contribution is 2.35. The van der Waals surface area contributed by atoms with Crippen LogP contribution >= 0.6 is 15.9 Å². The highest BCUT2D eigenvalue weighted by Gasteiger charge is 2.33. The van der Waals surface area contributed by atoms with E-state index in [1.54, 1.807) is 25.1 Å². The molecule has 1 aliphatic heterocycles. The Hall–Kier alpha value is -2.87. The Kier molecular flexibility index (Phi) is 4.94. The molecule has 1 unspecified atom stereocenters. The highest BCUT2D eigenvalue weighted by molar-refractivity contribution is 9.10. The average molecular weight is 419 g/mol. The van der Waals surface area contributed by atoms with Crippen LogP contribution in [-0.2, 0) is 9.59 Å². The molecular weight excluding hydrogens is 404 g/mol. The average Bonchev–Trinajstić information content (AvgIpc) is 2.60. The van der Waals surface area contributed by atoms with Crippen molar-refractivity contribution in [3.05, 3.63) is 52.5 Å². The van der Waals surface area contributed by atoms with Gasteiger partial charge in [0.2, 0.25) is 5.91 Å². The molecule has 0 aliphatic carbocycles. The first kappa shape index (κ1) is 17.9. The summed E-state index contributed by atoms with van der Waals surface area (Å²) >= 11 is 3.35. The number of anilines is 2. The van der Waals surface area contributed by atoms with Gasteiger partial charge in [-0.3, -0.25) is 14.5 Å². The molecule has 1 atom stereocenters. The van der Waals surface area contributed by atoms with Crippen LogP contribution in [0.25, 0.3) is 0 Å². The molecule has 0 spiro atoms. The predicted molar refractivity (Wildman–Crippen MR) is 98.6 cm³/mol. The number of fused-ring (bicyclic) bond motifs is 1. The first-order valence-corrected chi connectivity index (χ1v) is 8.56. The van der Waals surface area contributed by atoms with Crippen molar-refractivity contribution in [1.82, 2.24) is 0 Å². The number of hydrogen-bond acceptors (Lipinski definition) is 4. The maximum Gasteiger partial charge on any atom is 0.335 e. The summed E-state index contributed by atoms with van der Waals surface area (Å²) in [7, 11) is 0. The summed E-state index contributed by atoms with van der Waals surface area (Å²) < 4.78 is 6.21. The lowest BCUT2D eigenvalue weighted by Crippen LogP contribution is -2.47. The summed E-state index contributed by atoms with van der Waals surface area (Å²) in [5.41, 5.74) is 0.996. The van der Waals surface area contributed by atoms with Gasteiger partial charge in [-0.15, -0.1) is 0 Å². The van der Waals surface area contributed by atoms with Gasteiger partial charge >= 0.3 is 5.97 Å². The molecule has 0 fully saturated rings. The Morgan fingerprint density at radius 3 is 2.69 bits per heavy atom. The lowest BCUT2D eigenvalue weighted by molar-refractivity contribution is -0.127. The Balaban J connectivity index is 1.85. The minimum Gasteiger partial charge on any atom is -0.479 e. The first-order valence-electron chi connectivity index (χ1n) is 7.76. The van der Waals surface area contributed by atoms with Crippen LogP contribution in [0, 0.1) is 0 Å². The zero-order chi connectivity index (χ0) is 18.8. The van der Waals surface area contributed by atoms with Crippen molar-refractivity contribution in [1.29, 1.82) is 0 Å². The van der Waals surface area contributed by atoms with Gasteiger partial charge in [-0.25, -0.2) is 4.79 Å². The fraction of sp³-hybridized carbons (Fsp3) is 0.167. The number of nitrogens with one attached hydrogen (secondary N) is 1. The molecule has 8 heteroatoms. The van der Waals surface area contributed by atoms with Gasteiger partial charge < -0.3 is 15.2 Å². The van der Waals surface area contributed by atoms with E-state index in [4.69, 9.17) is 9.84 Å². The van der Waals surface area contributed by atoms with Crippen molar-refractivity contribution in [2.45, 2.75) is 13.0 Å². The Bertz CT molecular complexity index is 899. The highest BCUT2D eigenvalue weighted by atomic mass is 79.9. The summed E-state index contributed by atoms with van der Waals surface area (Å²) in [4.78, 5) is 37.3. The number of rotatable bonds is 4. The lowest BCUT2D eigenvalue weighted by atomic mass is 10.1. The van der Waals surface area contributed by atoms with Gasteiger partial charge in [0.25, 0.3) is 5.91 Å². The van der Waals surface area contributed by atoms with Crippen molar-refractivity contribution in [2.75, 3.05) is 16.8 Å². The number of carboxylic acids is 1. The number of carbonyl (C=O) groups excluding carboxylic acids is 2. The molecule has 2 aromatic carbocycles. The topological polar surface area (TPSA) is 95.9 Å². The molecule has 3 rings (SSSR count). The number of benzene rings is 2. The first-order chi connectivity index (χ1) is 12.4. The number of aromatic carboxylic acids is 1. The number of halogens is 1. The number of para-hydroxylation sites is 1. The van der Waals surface area contributed by atoms with Crippen molar-refractivity contribution < 1.29 is 24.2 Å². The van der Waals surface area contributed by atoms with Gasteiger partial charge in [-0.2, -0.15) is 0 Å². The van der Waals surface area contributed by atoms with E-state index in [9.17, 15) is 14.4 Å². The number of ether oxygens (including phenoxy) is 1. The summed E-state index contributed by atoms with van der Waals surface area (Å²) in [5.74, 6) is -1.60. The zero-order valence-corrected chi connectivity index (χ0v) is 15.3. The van der Waals surface area contributed by atoms with Crippen LogP contribution in [0.2, 0.25) is 0 Å². The molecule has 0 bridgehead atoms. The maximum atomic E-state index is 12.5. The summed E-state index contributed by atoms with van der Waals surface area (Å²) in [6.07, 6.45) is -0.817. The molecule has 2 N–H and O–H groups in total. The summed E-state index contributed by atoms with van der Waals surface area (Å²) in [6.45, 7) is 1.34. The van der Waals surface area contributed by atoms with E-state index in [0.29, 0.717) is 11.4 Å². The van der Waals surface area contributed by atoms with E-state index in [1.807, 2.05) is 6.07 Å². The van der Waals surface area contributed by atoms with E-state index in [-0.39, 0.29) is 29.7 Å². The Morgan fingerprint density at radius 2 is 2.00 bits per heavy atom. The van der Waals surface area contributed by atoms with Gasteiger partial charge in [-0.05, 0) is 53.2 Å². The Morgan fingerprint density at radius 1 is 1.27 bits per heavy atom. The molecule has 0 saturated heterocycles. The van der Waals surface area contributed by atoms with E-state index in [1.165, 1.54) is 23.1 Å². The molecule has 1 heterocycles. The van der Waals surface area contributed by atoms with Crippen LogP contribution in [0.15, 0.2) is 46.9 Å². The minimum atomic E-state index is -1.10. The summed E-state index contributed by atoms with van der Waals surface area (Å²) in [5, 5.41) is 11.8. The van der Waals surface area contributed by atoms with E-state index in [0.717, 1.165) is 4.47 Å². The smallest absolute Gasteiger partial charge is 0.335 e. The molecule has 2 amide bonds. The second-order valence-corrected chi connectivity index (χ2v) is 6.55. The van der Waals surface area contributed by atoms with E-state index in [2.05, 4.69) is 21.2 Å². The third kappa shape index (κ3) is 3.55. The molecule has 26 heavy (non-hydrogen) atoms. The number of nitrogens with zero attached hydrogens (tertiary/aromatic N) is 1. The third-order valence-electron chi connectivity index (χ3n) is 3.86. The SMILES string of the molecule is CC1Oc2cc(C(=O)O)ccc2N(CC(=O)Nc2ccccc2Br)C1=O. The minimum absolute atomic E-state index is 0.0444. The van der Waals surface area contributed by atoms with Crippen LogP contribution in [0.3, 0.4) is 0 Å². The fourth-order valence-electron chi connectivity index (χ4n) is 2.60. The normalized spacial score (nSPS) is 15.8. The van der Waals surface area contributed by atoms with Gasteiger partial charge in [-0.1, -0.05) is 12.1 Å². The van der Waals surface area contributed by atoms with E-state index < -0.39 is 12.1 Å². The molecular formula is C18H15BrN2O5. The van der Waals surface area contributed by atoms with Crippen LogP contribution in [0.4, 0.5) is 11.4 Å². The lowest BCUT2D eigenvalue weighted by Gasteiger charge is -2.32. The van der Waals surface area contributed by atoms with E-state index >= 15 is 0 Å². The molecule has 0 radical (unpaired) electrons. The van der Waals surface area contributed by atoms with Crippen molar-refractivity contribution >= 4 is 45.1 Å². The molecule has 0 aromatic heterocycles. The van der Waals surface area contributed by atoms with Crippen LogP contribution < -0.4 is 15.0 Å². The largest absolute Gasteiger partial charge is 0.479 e. The van der Waals surface area contributed by atoms with Crippen molar-refractivity contribution in [3.8, 4) is 5.75 Å². The van der Waals surface area contributed by atoms with Crippen LogP contribution in [0.1, 0.15) is 17.3 Å². The van der Waals surface area contributed by atoms with Gasteiger partial charge in [0.05, 0.1) is 16.9 Å². The number of amides is 2. The number of carboxylic acid groups (broad SMARTS) is 1. The van der Waals surface area contributed by atoms with Crippen LogP contribution in [0.5, 0.6) is 5.75 Å². The quantitative estimate of drug-likeness (QED) is 0.795.